The first-order valence-electron chi connectivity index (χ1n) is 6.07. The van der Waals surface area contributed by atoms with E-state index in [4.69, 9.17) is 23.2 Å². The first-order chi connectivity index (χ1) is 9.77. The lowest BCUT2D eigenvalue weighted by molar-refractivity contribution is -0.0890. The molecule has 7 heteroatoms. The zero-order chi connectivity index (χ0) is 16.0. The minimum atomic E-state index is -4.69. The van der Waals surface area contributed by atoms with Crippen LogP contribution in [0.5, 0.6) is 0 Å². The molecule has 0 saturated heterocycles. The van der Waals surface area contributed by atoms with Crippen LogP contribution in [0, 0.1) is 0 Å². The molecule has 1 aromatic rings. The van der Waals surface area contributed by atoms with E-state index in [1.54, 1.807) is 25.1 Å². The Labute approximate surface area is 131 Å². The van der Waals surface area contributed by atoms with E-state index in [9.17, 15) is 13.2 Å². The lowest BCUT2D eigenvalue weighted by Crippen LogP contribution is -2.14. The fourth-order valence-corrected chi connectivity index (χ4v) is 2.20. The van der Waals surface area contributed by atoms with Gasteiger partial charge in [-0.3, -0.25) is 4.98 Å². The van der Waals surface area contributed by atoms with Gasteiger partial charge in [-0.2, -0.15) is 13.2 Å². The van der Waals surface area contributed by atoms with Gasteiger partial charge in [0, 0.05) is 6.20 Å². The van der Waals surface area contributed by atoms with E-state index in [1.165, 1.54) is 19.2 Å². The Balaban J connectivity index is 3.32. The molecule has 0 radical (unpaired) electrons. The summed E-state index contributed by atoms with van der Waals surface area (Å²) in [7, 11) is 0. The average Bonchev–Trinajstić information content (AvgIpc) is 2.38. The normalized spacial score (nSPS) is 15.0. The molecule has 0 bridgehead atoms. The van der Waals surface area contributed by atoms with Crippen LogP contribution in [-0.2, 0) is 0 Å². The van der Waals surface area contributed by atoms with Gasteiger partial charge in [0.2, 0.25) is 0 Å². The Kier molecular flexibility index (Phi) is 6.42. The third-order valence-electron chi connectivity index (χ3n) is 2.41. The molecule has 2 nitrogen and oxygen atoms in total. The number of rotatable bonds is 4. The summed E-state index contributed by atoms with van der Waals surface area (Å²) in [5, 5.41) is -1.17. The second kappa shape index (κ2) is 7.61. The van der Waals surface area contributed by atoms with Gasteiger partial charge in [0.05, 0.1) is 16.4 Å². The molecule has 1 heterocycles. The quantitative estimate of drug-likeness (QED) is 0.408. The topological polar surface area (TPSA) is 25.2 Å². The number of alkyl halides is 3. The lowest BCUT2D eigenvalue weighted by Gasteiger charge is -2.12. The largest absolute Gasteiger partial charge is 0.420 e. The molecule has 0 fully saturated rings. The summed E-state index contributed by atoms with van der Waals surface area (Å²) in [6.07, 6.45) is -1.59. The SMILES string of the molecule is CC/C=C(Cl)/C(=C(/Cl)N=C(C)c1ccccn1)C(F)(F)F. The monoisotopic (exact) mass is 336 g/mol. The molecule has 0 N–H and O–H groups in total. The molecular formula is C14H13Cl2F3N2. The van der Waals surface area contributed by atoms with Gasteiger partial charge in [-0.05, 0) is 25.5 Å². The minimum Gasteiger partial charge on any atom is -0.255 e. The molecule has 0 aliphatic rings. The van der Waals surface area contributed by atoms with Crippen molar-refractivity contribution < 1.29 is 13.2 Å². The Hall–Kier alpha value is -1.33. The molecule has 0 aromatic carbocycles. The van der Waals surface area contributed by atoms with Crippen molar-refractivity contribution in [2.24, 2.45) is 4.99 Å². The molecule has 0 atom stereocenters. The summed E-state index contributed by atoms with van der Waals surface area (Å²) in [5.41, 5.74) is -0.445. The van der Waals surface area contributed by atoms with E-state index in [1.807, 2.05) is 0 Å². The highest BCUT2D eigenvalue weighted by atomic mass is 35.5. The standard InChI is InChI=1S/C14H13Cl2F3N2/c1-3-6-10(15)12(14(17,18)19)13(16)21-9(2)11-7-4-5-8-20-11/h4-8H,3H2,1-2H3/b10-6-,13-12+,21-9?. The summed E-state index contributed by atoms with van der Waals surface area (Å²) in [5.74, 6) is 0. The zero-order valence-electron chi connectivity index (χ0n) is 11.4. The third-order valence-corrected chi connectivity index (χ3v) is 3.03. The summed E-state index contributed by atoms with van der Waals surface area (Å²) in [6.45, 7) is 3.20. The molecule has 114 valence electrons. The van der Waals surface area contributed by atoms with Crippen LogP contribution in [-0.4, -0.2) is 16.9 Å². The van der Waals surface area contributed by atoms with Crippen molar-refractivity contribution in [3.05, 3.63) is 51.9 Å². The van der Waals surface area contributed by atoms with Gasteiger partial charge in [-0.15, -0.1) is 0 Å². The Bertz CT molecular complexity index is 576. The van der Waals surface area contributed by atoms with Gasteiger partial charge in [0.25, 0.3) is 0 Å². The van der Waals surface area contributed by atoms with Crippen LogP contribution in [0.4, 0.5) is 13.2 Å². The summed E-state index contributed by atoms with van der Waals surface area (Å²) >= 11 is 11.4. The predicted molar refractivity (Wildman–Crippen MR) is 79.6 cm³/mol. The summed E-state index contributed by atoms with van der Waals surface area (Å²) in [6, 6.07) is 5.02. The van der Waals surface area contributed by atoms with E-state index >= 15 is 0 Å². The maximum atomic E-state index is 13.0. The van der Waals surface area contributed by atoms with Crippen LogP contribution >= 0.6 is 23.2 Å². The maximum absolute atomic E-state index is 13.0. The first kappa shape index (κ1) is 17.7. The van der Waals surface area contributed by atoms with E-state index in [-0.39, 0.29) is 5.71 Å². The average molecular weight is 337 g/mol. The second-order valence-corrected chi connectivity index (χ2v) is 4.80. The van der Waals surface area contributed by atoms with E-state index in [2.05, 4.69) is 9.98 Å². The molecule has 0 unspecified atom stereocenters. The number of allylic oxidation sites excluding steroid dienone is 3. The van der Waals surface area contributed by atoms with Crippen molar-refractivity contribution in [1.82, 2.24) is 4.98 Å². The van der Waals surface area contributed by atoms with E-state index < -0.39 is 21.9 Å². The molecule has 0 amide bonds. The Morgan fingerprint density at radius 2 is 2.00 bits per heavy atom. The lowest BCUT2D eigenvalue weighted by atomic mass is 10.2. The van der Waals surface area contributed by atoms with Gasteiger partial charge < -0.3 is 0 Å². The van der Waals surface area contributed by atoms with Gasteiger partial charge in [0.15, 0.2) is 0 Å². The molecule has 0 spiro atoms. The van der Waals surface area contributed by atoms with Crippen LogP contribution in [0.1, 0.15) is 26.0 Å². The van der Waals surface area contributed by atoms with Gasteiger partial charge in [-0.25, -0.2) is 4.99 Å². The van der Waals surface area contributed by atoms with E-state index in [0.29, 0.717) is 12.1 Å². The van der Waals surface area contributed by atoms with E-state index in [0.717, 1.165) is 0 Å². The number of halogens is 5. The fraction of sp³-hybridized carbons (Fsp3) is 0.286. The van der Waals surface area contributed by atoms with Crippen molar-refractivity contribution >= 4 is 28.9 Å². The highest BCUT2D eigenvalue weighted by Gasteiger charge is 2.38. The third kappa shape index (κ3) is 5.17. The summed E-state index contributed by atoms with van der Waals surface area (Å²) < 4.78 is 39.1. The zero-order valence-corrected chi connectivity index (χ0v) is 12.9. The molecule has 1 rings (SSSR count). The molecule has 0 aliphatic heterocycles. The number of nitrogens with zero attached hydrogens (tertiary/aromatic N) is 2. The Morgan fingerprint density at radius 1 is 1.33 bits per heavy atom. The number of aliphatic imine (C=N–C) groups is 1. The van der Waals surface area contributed by atoms with Crippen LogP contribution < -0.4 is 0 Å². The van der Waals surface area contributed by atoms with Crippen molar-refractivity contribution in [2.45, 2.75) is 26.4 Å². The highest BCUT2D eigenvalue weighted by molar-refractivity contribution is 6.36. The van der Waals surface area contributed by atoms with Crippen LogP contribution in [0.3, 0.4) is 0 Å². The highest BCUT2D eigenvalue weighted by Crippen LogP contribution is 2.37. The molecular weight excluding hydrogens is 324 g/mol. The van der Waals surface area contributed by atoms with Crippen molar-refractivity contribution in [2.75, 3.05) is 0 Å². The smallest absolute Gasteiger partial charge is 0.255 e. The second-order valence-electron chi connectivity index (χ2n) is 4.04. The molecule has 21 heavy (non-hydrogen) atoms. The van der Waals surface area contributed by atoms with Crippen molar-refractivity contribution in [3.63, 3.8) is 0 Å². The van der Waals surface area contributed by atoms with Crippen LogP contribution in [0.2, 0.25) is 0 Å². The van der Waals surface area contributed by atoms with Gasteiger partial charge in [-0.1, -0.05) is 42.3 Å². The maximum Gasteiger partial charge on any atom is 0.420 e. The summed E-state index contributed by atoms with van der Waals surface area (Å²) in [4.78, 5) is 7.76. The van der Waals surface area contributed by atoms with Gasteiger partial charge in [0.1, 0.15) is 10.7 Å². The van der Waals surface area contributed by atoms with Crippen molar-refractivity contribution in [3.8, 4) is 0 Å². The first-order valence-corrected chi connectivity index (χ1v) is 6.82. The molecule has 1 aromatic heterocycles. The molecule has 0 saturated carbocycles. The van der Waals surface area contributed by atoms with Crippen molar-refractivity contribution in [1.29, 1.82) is 0 Å². The number of hydrogen-bond acceptors (Lipinski definition) is 2. The van der Waals surface area contributed by atoms with Gasteiger partial charge >= 0.3 is 6.18 Å². The molecule has 0 aliphatic carbocycles. The van der Waals surface area contributed by atoms with Crippen LogP contribution in [0.15, 0.2) is 51.2 Å². The number of pyridine rings is 1. The predicted octanol–water partition coefficient (Wildman–Crippen LogP) is 5.44. The van der Waals surface area contributed by atoms with Crippen LogP contribution in [0.25, 0.3) is 0 Å². The fourth-order valence-electron chi connectivity index (χ4n) is 1.47. The number of hydrogen-bond donors (Lipinski definition) is 0. The number of aromatic nitrogens is 1. The Morgan fingerprint density at radius 3 is 2.48 bits per heavy atom. The minimum absolute atomic E-state index is 0.267.